The van der Waals surface area contributed by atoms with E-state index in [0.29, 0.717) is 0 Å². The van der Waals surface area contributed by atoms with Crippen LogP contribution in [0.15, 0.2) is 53.3 Å². The molecular weight excluding hydrogens is 316 g/mol. The first-order valence-corrected chi connectivity index (χ1v) is 8.60. The monoisotopic (exact) mass is 338 g/mol. The molecule has 1 atom stereocenters. The van der Waals surface area contributed by atoms with Crippen LogP contribution < -0.4 is 0 Å². The number of rotatable bonds is 5. The fourth-order valence-electron chi connectivity index (χ4n) is 3.16. The van der Waals surface area contributed by atoms with E-state index in [-0.39, 0.29) is 6.10 Å². The molecule has 1 unspecified atom stereocenters. The lowest BCUT2D eigenvalue weighted by molar-refractivity contribution is -0.0422. The molecule has 0 amide bonds. The molecule has 1 aliphatic rings. The molecule has 6 nitrogen and oxygen atoms in total. The third-order valence-electron chi connectivity index (χ3n) is 4.38. The van der Waals surface area contributed by atoms with Crippen LogP contribution in [0.3, 0.4) is 0 Å². The van der Waals surface area contributed by atoms with Gasteiger partial charge in [0.05, 0.1) is 32.0 Å². The SMILES string of the molecule is Cc1cnn(CC2CN(Cc3cc(-c4ccccc4)no3)CCO2)c1. The molecule has 1 fully saturated rings. The Morgan fingerprint density at radius 3 is 2.92 bits per heavy atom. The van der Waals surface area contributed by atoms with E-state index in [1.165, 1.54) is 5.56 Å². The molecule has 1 aliphatic heterocycles. The molecule has 2 aromatic heterocycles. The van der Waals surface area contributed by atoms with E-state index in [0.717, 1.165) is 49.8 Å². The molecule has 6 heteroatoms. The number of nitrogens with zero attached hydrogens (tertiary/aromatic N) is 4. The van der Waals surface area contributed by atoms with Crippen LogP contribution in [0, 0.1) is 6.92 Å². The number of hydrogen-bond donors (Lipinski definition) is 0. The summed E-state index contributed by atoms with van der Waals surface area (Å²) in [6.07, 6.45) is 4.06. The molecule has 3 aromatic rings. The highest BCUT2D eigenvalue weighted by Crippen LogP contribution is 2.20. The van der Waals surface area contributed by atoms with Crippen LogP contribution in [0.4, 0.5) is 0 Å². The van der Waals surface area contributed by atoms with Crippen LogP contribution in [-0.2, 0) is 17.8 Å². The maximum absolute atomic E-state index is 5.88. The smallest absolute Gasteiger partial charge is 0.151 e. The molecule has 4 rings (SSSR count). The van der Waals surface area contributed by atoms with Crippen molar-refractivity contribution in [1.82, 2.24) is 19.8 Å². The molecule has 130 valence electrons. The summed E-state index contributed by atoms with van der Waals surface area (Å²) in [6.45, 7) is 6.06. The lowest BCUT2D eigenvalue weighted by Gasteiger charge is -2.32. The zero-order valence-corrected chi connectivity index (χ0v) is 14.3. The van der Waals surface area contributed by atoms with Gasteiger partial charge in [0, 0.05) is 30.9 Å². The molecule has 0 N–H and O–H groups in total. The molecule has 0 radical (unpaired) electrons. The first kappa shape index (κ1) is 16.1. The average molecular weight is 338 g/mol. The van der Waals surface area contributed by atoms with Crippen LogP contribution in [0.5, 0.6) is 0 Å². The normalized spacial score (nSPS) is 18.5. The van der Waals surface area contributed by atoms with Gasteiger partial charge in [0.25, 0.3) is 0 Å². The highest BCUT2D eigenvalue weighted by atomic mass is 16.5. The molecule has 1 aromatic carbocycles. The first-order chi connectivity index (χ1) is 12.3. The minimum atomic E-state index is 0.143. The third-order valence-corrected chi connectivity index (χ3v) is 4.38. The van der Waals surface area contributed by atoms with Crippen molar-refractivity contribution in [2.75, 3.05) is 19.7 Å². The highest BCUT2D eigenvalue weighted by molar-refractivity contribution is 5.58. The van der Waals surface area contributed by atoms with Crippen molar-refractivity contribution in [3.05, 3.63) is 60.1 Å². The van der Waals surface area contributed by atoms with E-state index in [1.54, 1.807) is 0 Å². The predicted molar refractivity (Wildman–Crippen MR) is 93.9 cm³/mol. The quantitative estimate of drug-likeness (QED) is 0.716. The Labute approximate surface area is 147 Å². The lowest BCUT2D eigenvalue weighted by atomic mass is 10.1. The summed E-state index contributed by atoms with van der Waals surface area (Å²) >= 11 is 0. The number of aryl methyl sites for hydroxylation is 1. The van der Waals surface area contributed by atoms with Crippen LogP contribution >= 0.6 is 0 Å². The minimum Gasteiger partial charge on any atom is -0.374 e. The topological polar surface area (TPSA) is 56.3 Å². The van der Waals surface area contributed by atoms with Crippen molar-refractivity contribution in [1.29, 1.82) is 0 Å². The summed E-state index contributed by atoms with van der Waals surface area (Å²) in [7, 11) is 0. The minimum absolute atomic E-state index is 0.143. The summed E-state index contributed by atoms with van der Waals surface area (Å²) in [5.74, 6) is 0.884. The van der Waals surface area contributed by atoms with Gasteiger partial charge in [-0.3, -0.25) is 9.58 Å². The molecule has 0 spiro atoms. The van der Waals surface area contributed by atoms with Crippen molar-refractivity contribution in [3.63, 3.8) is 0 Å². The highest BCUT2D eigenvalue weighted by Gasteiger charge is 2.22. The molecule has 0 bridgehead atoms. The fraction of sp³-hybridized carbons (Fsp3) is 0.368. The van der Waals surface area contributed by atoms with Gasteiger partial charge in [-0.2, -0.15) is 5.10 Å². The van der Waals surface area contributed by atoms with Crippen molar-refractivity contribution >= 4 is 0 Å². The molecule has 1 saturated heterocycles. The van der Waals surface area contributed by atoms with Gasteiger partial charge in [0.15, 0.2) is 5.76 Å². The number of benzene rings is 1. The Morgan fingerprint density at radius 1 is 1.24 bits per heavy atom. The van der Waals surface area contributed by atoms with Gasteiger partial charge in [-0.1, -0.05) is 35.5 Å². The largest absolute Gasteiger partial charge is 0.374 e. The second-order valence-corrected chi connectivity index (χ2v) is 6.51. The Bertz CT molecular complexity index is 812. The van der Waals surface area contributed by atoms with Gasteiger partial charge < -0.3 is 9.26 Å². The molecule has 3 heterocycles. The lowest BCUT2D eigenvalue weighted by Crippen LogP contribution is -2.43. The number of hydrogen-bond acceptors (Lipinski definition) is 5. The Kier molecular flexibility index (Phi) is 4.63. The zero-order valence-electron chi connectivity index (χ0n) is 14.3. The van der Waals surface area contributed by atoms with E-state index in [1.807, 2.05) is 60.4 Å². The Balaban J connectivity index is 1.37. The summed E-state index contributed by atoms with van der Waals surface area (Å²) in [5.41, 5.74) is 3.13. The van der Waals surface area contributed by atoms with E-state index >= 15 is 0 Å². The van der Waals surface area contributed by atoms with Gasteiger partial charge >= 0.3 is 0 Å². The van der Waals surface area contributed by atoms with E-state index in [4.69, 9.17) is 9.26 Å². The van der Waals surface area contributed by atoms with Gasteiger partial charge in [0.2, 0.25) is 0 Å². The van der Waals surface area contributed by atoms with E-state index < -0.39 is 0 Å². The zero-order chi connectivity index (χ0) is 17.1. The van der Waals surface area contributed by atoms with Gasteiger partial charge in [0.1, 0.15) is 5.69 Å². The van der Waals surface area contributed by atoms with Gasteiger partial charge in [-0.05, 0) is 12.5 Å². The third kappa shape index (κ3) is 3.97. The Hall–Kier alpha value is -2.44. The van der Waals surface area contributed by atoms with Crippen molar-refractivity contribution in [2.24, 2.45) is 0 Å². The summed E-state index contributed by atoms with van der Waals surface area (Å²) in [4.78, 5) is 2.35. The van der Waals surface area contributed by atoms with Crippen LogP contribution in [0.25, 0.3) is 11.3 Å². The summed E-state index contributed by atoms with van der Waals surface area (Å²) < 4.78 is 13.4. The van der Waals surface area contributed by atoms with Gasteiger partial charge in [-0.25, -0.2) is 0 Å². The Morgan fingerprint density at radius 2 is 2.12 bits per heavy atom. The molecular formula is C19H22N4O2. The van der Waals surface area contributed by atoms with Crippen LogP contribution in [0.1, 0.15) is 11.3 Å². The first-order valence-electron chi connectivity index (χ1n) is 8.60. The summed E-state index contributed by atoms with van der Waals surface area (Å²) in [5, 5.41) is 8.54. The van der Waals surface area contributed by atoms with E-state index in [9.17, 15) is 0 Å². The fourth-order valence-corrected chi connectivity index (χ4v) is 3.16. The van der Waals surface area contributed by atoms with Crippen molar-refractivity contribution in [3.8, 4) is 11.3 Å². The predicted octanol–water partition coefficient (Wildman–Crippen LogP) is 2.75. The second kappa shape index (κ2) is 7.21. The van der Waals surface area contributed by atoms with Crippen molar-refractivity contribution < 1.29 is 9.26 Å². The second-order valence-electron chi connectivity index (χ2n) is 6.51. The molecule has 0 saturated carbocycles. The van der Waals surface area contributed by atoms with Crippen LogP contribution in [-0.4, -0.2) is 45.6 Å². The maximum atomic E-state index is 5.88. The number of aromatic nitrogens is 3. The maximum Gasteiger partial charge on any atom is 0.151 e. The molecule has 25 heavy (non-hydrogen) atoms. The van der Waals surface area contributed by atoms with E-state index in [2.05, 4.69) is 15.2 Å². The molecule has 0 aliphatic carbocycles. The van der Waals surface area contributed by atoms with Gasteiger partial charge in [-0.15, -0.1) is 0 Å². The van der Waals surface area contributed by atoms with Crippen LogP contribution in [0.2, 0.25) is 0 Å². The summed E-state index contributed by atoms with van der Waals surface area (Å²) in [6, 6.07) is 12.1. The average Bonchev–Trinajstić information content (AvgIpc) is 3.25. The number of ether oxygens (including phenoxy) is 1. The van der Waals surface area contributed by atoms with Crippen molar-refractivity contribution in [2.45, 2.75) is 26.1 Å². The number of morpholine rings is 1. The standard InChI is InChI=1S/C19H22N4O2/c1-15-10-20-23(11-15)14-18-13-22(7-8-24-18)12-17-9-19(21-25-17)16-5-3-2-4-6-16/h2-6,9-11,18H,7-8,12-14H2,1H3.